The first-order valence-electron chi connectivity index (χ1n) is 6.20. The Bertz CT molecular complexity index is 913. The average Bonchev–Trinajstić information content (AvgIpc) is 2.48. The van der Waals surface area contributed by atoms with E-state index < -0.39 is 11.1 Å². The van der Waals surface area contributed by atoms with Crippen LogP contribution in [0.4, 0.5) is 0 Å². The van der Waals surface area contributed by atoms with Crippen molar-refractivity contribution in [2.75, 3.05) is 0 Å². The van der Waals surface area contributed by atoms with Crippen molar-refractivity contribution in [3.63, 3.8) is 0 Å². The van der Waals surface area contributed by atoms with Crippen molar-refractivity contribution in [2.45, 2.75) is 5.38 Å². The summed E-state index contributed by atoms with van der Waals surface area (Å²) in [6.07, 6.45) is 0. The number of fused-ring (bicyclic) bond motifs is 1. The van der Waals surface area contributed by atoms with Crippen molar-refractivity contribution < 1.29 is 0 Å². The Morgan fingerprint density at radius 3 is 2.05 bits per heavy atom. The summed E-state index contributed by atoms with van der Waals surface area (Å²) in [5, 5.41) is 0.269. The third-order valence-corrected chi connectivity index (χ3v) is 3.96. The molecule has 1 atom stereocenters. The number of aromatic nitrogens is 2. The van der Waals surface area contributed by atoms with Gasteiger partial charge in [0.15, 0.2) is 0 Å². The molecule has 0 saturated carbocycles. The van der Waals surface area contributed by atoms with Crippen LogP contribution in [0.1, 0.15) is 16.5 Å². The normalized spacial score (nSPS) is 12.5. The van der Waals surface area contributed by atoms with E-state index >= 15 is 0 Å². The van der Waals surface area contributed by atoms with Gasteiger partial charge in [-0.05, 0) is 35.4 Å². The first kappa shape index (κ1) is 13.9. The number of H-pyrrole nitrogens is 2. The summed E-state index contributed by atoms with van der Waals surface area (Å²) in [5.41, 5.74) is 1.45. The largest absolute Gasteiger partial charge is 0.316 e. The van der Waals surface area contributed by atoms with Gasteiger partial charge in [0.2, 0.25) is 0 Å². The third-order valence-electron chi connectivity index (χ3n) is 3.20. The smallest absolute Gasteiger partial charge is 0.314 e. The fraction of sp³-hybridized carbons (Fsp3) is 0.0667. The van der Waals surface area contributed by atoms with E-state index in [0.29, 0.717) is 16.1 Å². The molecule has 4 nitrogen and oxygen atoms in total. The molecule has 0 fully saturated rings. The predicted molar refractivity (Wildman–Crippen MR) is 84.3 cm³/mol. The Labute approximate surface area is 129 Å². The molecule has 1 heterocycles. The number of halogens is 2. The standard InChI is InChI=1S/C15H10Cl2N2O2/c16-10-4-1-8(2-5-10)13(17)9-3-6-11-12(7-9)19-15(21)14(20)18-11/h1-7,13H,(H,18,20)(H,19,21). The Hall–Kier alpha value is -2.04. The van der Waals surface area contributed by atoms with Gasteiger partial charge in [-0.25, -0.2) is 0 Å². The molecule has 0 amide bonds. The zero-order valence-corrected chi connectivity index (χ0v) is 12.2. The van der Waals surface area contributed by atoms with Crippen molar-refractivity contribution in [2.24, 2.45) is 0 Å². The number of benzene rings is 2. The molecule has 0 bridgehead atoms. The van der Waals surface area contributed by atoms with Crippen LogP contribution in [0.5, 0.6) is 0 Å². The van der Waals surface area contributed by atoms with E-state index in [1.165, 1.54) is 0 Å². The maximum absolute atomic E-state index is 11.4. The van der Waals surface area contributed by atoms with E-state index in [2.05, 4.69) is 9.97 Å². The summed E-state index contributed by atoms with van der Waals surface area (Å²) in [5.74, 6) is 0. The second-order valence-electron chi connectivity index (χ2n) is 4.63. The summed E-state index contributed by atoms with van der Waals surface area (Å²) >= 11 is 12.3. The lowest BCUT2D eigenvalue weighted by Crippen LogP contribution is -2.28. The Balaban J connectivity index is 2.08. The molecule has 0 spiro atoms. The van der Waals surface area contributed by atoms with Gasteiger partial charge < -0.3 is 9.97 Å². The number of alkyl halides is 1. The molecule has 3 rings (SSSR count). The lowest BCUT2D eigenvalue weighted by atomic mass is 10.0. The molecule has 0 radical (unpaired) electrons. The lowest BCUT2D eigenvalue weighted by Gasteiger charge is -2.11. The van der Waals surface area contributed by atoms with Crippen LogP contribution < -0.4 is 11.1 Å². The van der Waals surface area contributed by atoms with Crippen LogP contribution in [0.3, 0.4) is 0 Å². The minimum atomic E-state index is -0.683. The van der Waals surface area contributed by atoms with Gasteiger partial charge in [0, 0.05) is 5.02 Å². The molecule has 21 heavy (non-hydrogen) atoms. The van der Waals surface area contributed by atoms with E-state index in [-0.39, 0.29) is 5.38 Å². The van der Waals surface area contributed by atoms with Crippen molar-refractivity contribution in [1.82, 2.24) is 9.97 Å². The van der Waals surface area contributed by atoms with Crippen LogP contribution >= 0.6 is 23.2 Å². The maximum atomic E-state index is 11.4. The molecule has 0 aliphatic carbocycles. The number of nitrogens with one attached hydrogen (secondary N) is 2. The first-order chi connectivity index (χ1) is 10.0. The minimum absolute atomic E-state index is 0.373. The summed E-state index contributed by atoms with van der Waals surface area (Å²) in [7, 11) is 0. The second kappa shape index (κ2) is 5.39. The van der Waals surface area contributed by atoms with Crippen molar-refractivity contribution in [3.05, 3.63) is 79.3 Å². The summed E-state index contributed by atoms with van der Waals surface area (Å²) in [6.45, 7) is 0. The average molecular weight is 321 g/mol. The van der Waals surface area contributed by atoms with Crippen LogP contribution in [-0.4, -0.2) is 9.97 Å². The predicted octanol–water partition coefficient (Wildman–Crippen LogP) is 3.20. The van der Waals surface area contributed by atoms with Crippen molar-refractivity contribution >= 4 is 34.2 Å². The Kier molecular flexibility index (Phi) is 3.57. The van der Waals surface area contributed by atoms with E-state index in [1.807, 2.05) is 18.2 Å². The molecule has 0 saturated heterocycles. The van der Waals surface area contributed by atoms with Crippen LogP contribution in [0.25, 0.3) is 11.0 Å². The highest BCUT2D eigenvalue weighted by Crippen LogP contribution is 2.30. The van der Waals surface area contributed by atoms with E-state index in [4.69, 9.17) is 23.2 Å². The highest BCUT2D eigenvalue weighted by Gasteiger charge is 2.12. The SMILES string of the molecule is O=c1[nH]c2ccc(C(Cl)c3ccc(Cl)cc3)cc2[nH]c1=O. The summed E-state index contributed by atoms with van der Waals surface area (Å²) < 4.78 is 0. The first-order valence-corrected chi connectivity index (χ1v) is 7.02. The Morgan fingerprint density at radius 2 is 1.38 bits per heavy atom. The molecular weight excluding hydrogens is 311 g/mol. The number of hydrogen-bond acceptors (Lipinski definition) is 2. The molecule has 106 valence electrons. The van der Waals surface area contributed by atoms with Gasteiger partial charge in [-0.2, -0.15) is 0 Å². The van der Waals surface area contributed by atoms with Gasteiger partial charge in [0.1, 0.15) is 0 Å². The number of rotatable bonds is 2. The minimum Gasteiger partial charge on any atom is -0.316 e. The highest BCUT2D eigenvalue weighted by molar-refractivity contribution is 6.30. The molecular formula is C15H10Cl2N2O2. The maximum Gasteiger partial charge on any atom is 0.314 e. The van der Waals surface area contributed by atoms with Gasteiger partial charge in [-0.3, -0.25) is 9.59 Å². The zero-order chi connectivity index (χ0) is 15.0. The van der Waals surface area contributed by atoms with Crippen molar-refractivity contribution in [3.8, 4) is 0 Å². The fourth-order valence-corrected chi connectivity index (χ4v) is 2.52. The third kappa shape index (κ3) is 2.73. The number of hydrogen-bond donors (Lipinski definition) is 2. The molecule has 1 unspecified atom stereocenters. The zero-order valence-electron chi connectivity index (χ0n) is 10.7. The van der Waals surface area contributed by atoms with E-state index in [0.717, 1.165) is 11.1 Å². The molecule has 0 aliphatic rings. The lowest BCUT2D eigenvalue weighted by molar-refractivity contribution is 1.11. The second-order valence-corrected chi connectivity index (χ2v) is 5.50. The molecule has 6 heteroatoms. The quantitative estimate of drug-likeness (QED) is 0.562. The van der Waals surface area contributed by atoms with Gasteiger partial charge in [-0.15, -0.1) is 11.6 Å². The molecule has 2 aromatic carbocycles. The summed E-state index contributed by atoms with van der Waals surface area (Å²) in [6, 6.07) is 12.5. The van der Waals surface area contributed by atoms with Gasteiger partial charge in [0.25, 0.3) is 0 Å². The van der Waals surface area contributed by atoms with E-state index in [1.54, 1.807) is 24.3 Å². The molecule has 0 aliphatic heterocycles. The van der Waals surface area contributed by atoms with Gasteiger partial charge >= 0.3 is 11.1 Å². The van der Waals surface area contributed by atoms with Gasteiger partial charge in [-0.1, -0.05) is 29.8 Å². The van der Waals surface area contributed by atoms with Crippen LogP contribution in [0.2, 0.25) is 5.02 Å². The van der Waals surface area contributed by atoms with Crippen molar-refractivity contribution in [1.29, 1.82) is 0 Å². The Morgan fingerprint density at radius 1 is 0.810 bits per heavy atom. The van der Waals surface area contributed by atoms with Crippen LogP contribution in [0, 0.1) is 0 Å². The fourth-order valence-electron chi connectivity index (χ4n) is 2.11. The van der Waals surface area contributed by atoms with Gasteiger partial charge in [0.05, 0.1) is 16.4 Å². The van der Waals surface area contributed by atoms with Crippen LogP contribution in [-0.2, 0) is 0 Å². The molecule has 1 aromatic heterocycles. The monoisotopic (exact) mass is 320 g/mol. The topological polar surface area (TPSA) is 65.7 Å². The number of aromatic amines is 2. The van der Waals surface area contributed by atoms with E-state index in [9.17, 15) is 9.59 Å². The van der Waals surface area contributed by atoms with Crippen LogP contribution in [0.15, 0.2) is 52.1 Å². The summed E-state index contributed by atoms with van der Waals surface area (Å²) in [4.78, 5) is 27.7. The molecule has 3 aromatic rings. The highest BCUT2D eigenvalue weighted by atomic mass is 35.5. The molecule has 2 N–H and O–H groups in total.